The number of likely N-dealkylation sites (N-methyl/N-ethyl adjacent to an activating group) is 1. The normalized spacial score (nSPS) is 16.2. The van der Waals surface area contributed by atoms with Crippen LogP contribution in [0.15, 0.2) is 70.6 Å². The molecule has 0 unspecified atom stereocenters. The molecule has 0 saturated carbocycles. The second-order valence-electron chi connectivity index (χ2n) is 12.4. The Morgan fingerprint density at radius 2 is 1.85 bits per heavy atom. The van der Waals surface area contributed by atoms with E-state index in [9.17, 15) is 0 Å². The zero-order valence-corrected chi connectivity index (χ0v) is 27.6. The standard InChI is InChI=1S/C37H45N7O2/c1-27-9-5-10-29-11-6-13-34(35(27)29)44-22-18-32-33(24-44)40-37(46-25-30-12-7-20-42(30)2)41-36(32)43(3)21-8-19-38-26-39-23-28-14-16-31(45-4)17-15-28/h5-6,9-11,13-17,30H,7-8,12,18-25H2,1-4H3/t30-/m0/s1. The van der Waals surface area contributed by atoms with Crippen molar-refractivity contribution in [1.29, 1.82) is 0 Å². The number of aryl methyl sites for hydroxylation is 1. The molecule has 9 nitrogen and oxygen atoms in total. The predicted molar refractivity (Wildman–Crippen MR) is 186 cm³/mol. The molecule has 6 rings (SSSR count). The fourth-order valence-electron chi connectivity index (χ4n) is 6.55. The lowest BCUT2D eigenvalue weighted by atomic mass is 10.00. The minimum atomic E-state index is 0.403. The molecule has 2 aliphatic heterocycles. The number of rotatable bonds is 12. The lowest BCUT2D eigenvalue weighted by Crippen LogP contribution is -2.34. The summed E-state index contributed by atoms with van der Waals surface area (Å²) < 4.78 is 11.5. The van der Waals surface area contributed by atoms with Gasteiger partial charge in [0.2, 0.25) is 0 Å². The third-order valence-electron chi connectivity index (χ3n) is 9.22. The summed E-state index contributed by atoms with van der Waals surface area (Å²) in [5.41, 5.74) is 5.91. The Bertz CT molecular complexity index is 1700. The van der Waals surface area contributed by atoms with Crippen molar-refractivity contribution in [2.24, 2.45) is 9.98 Å². The van der Waals surface area contributed by atoms with Crippen molar-refractivity contribution in [3.8, 4) is 11.8 Å². The van der Waals surface area contributed by atoms with Crippen molar-refractivity contribution in [3.05, 3.63) is 83.0 Å². The van der Waals surface area contributed by atoms with Crippen molar-refractivity contribution in [3.63, 3.8) is 0 Å². The van der Waals surface area contributed by atoms with Gasteiger partial charge in [-0.3, -0.25) is 0 Å². The maximum Gasteiger partial charge on any atom is 0.318 e. The summed E-state index contributed by atoms with van der Waals surface area (Å²) in [5.74, 6) is 1.80. The molecule has 0 aliphatic carbocycles. The van der Waals surface area contributed by atoms with E-state index in [0.29, 0.717) is 31.7 Å². The van der Waals surface area contributed by atoms with E-state index < -0.39 is 0 Å². The van der Waals surface area contributed by atoms with Crippen LogP contribution < -0.4 is 19.3 Å². The number of aliphatic imine (C=N–C) groups is 2. The Balaban J connectivity index is 1.16. The van der Waals surface area contributed by atoms with Gasteiger partial charge in [-0.25, -0.2) is 9.98 Å². The Labute approximate surface area is 272 Å². The van der Waals surface area contributed by atoms with Gasteiger partial charge in [-0.1, -0.05) is 42.5 Å². The summed E-state index contributed by atoms with van der Waals surface area (Å²) in [6.07, 6.45) is 4.09. The van der Waals surface area contributed by atoms with Crippen LogP contribution in [0.3, 0.4) is 0 Å². The van der Waals surface area contributed by atoms with Crippen LogP contribution in [-0.2, 0) is 19.5 Å². The van der Waals surface area contributed by atoms with Crippen molar-refractivity contribution >= 4 is 28.3 Å². The molecule has 0 radical (unpaired) electrons. The predicted octanol–water partition coefficient (Wildman–Crippen LogP) is 6.18. The van der Waals surface area contributed by atoms with E-state index in [1.807, 2.05) is 24.3 Å². The first-order chi connectivity index (χ1) is 22.5. The molecule has 0 amide bonds. The van der Waals surface area contributed by atoms with Crippen molar-refractivity contribution in [2.45, 2.75) is 51.7 Å². The number of benzene rings is 3. The second kappa shape index (κ2) is 14.8. The first kappa shape index (κ1) is 31.5. The zero-order valence-electron chi connectivity index (χ0n) is 27.6. The monoisotopic (exact) mass is 619 g/mol. The molecule has 4 aromatic rings. The Morgan fingerprint density at radius 1 is 1.02 bits per heavy atom. The van der Waals surface area contributed by atoms with Crippen molar-refractivity contribution in [2.75, 3.05) is 63.8 Å². The molecule has 0 spiro atoms. The lowest BCUT2D eigenvalue weighted by molar-refractivity contribution is 0.187. The fourth-order valence-corrected chi connectivity index (χ4v) is 6.55. The number of hydrogen-bond donors (Lipinski definition) is 0. The molecule has 0 N–H and O–H groups in total. The molecular weight excluding hydrogens is 574 g/mol. The van der Waals surface area contributed by atoms with Gasteiger partial charge in [0.1, 0.15) is 18.2 Å². The van der Waals surface area contributed by atoms with Crippen LogP contribution in [0.25, 0.3) is 10.8 Å². The van der Waals surface area contributed by atoms with Gasteiger partial charge in [0.05, 0.1) is 38.4 Å². The topological polar surface area (TPSA) is 78.7 Å². The van der Waals surface area contributed by atoms with E-state index in [1.54, 1.807) is 7.11 Å². The Kier molecular flexibility index (Phi) is 10.1. The maximum atomic E-state index is 6.31. The molecule has 1 atom stereocenters. The SMILES string of the molecule is COc1ccc(CN=C=NCCCN(C)c2nc(OC[C@@H]3CCCN3C)nc3c2CCN(c2cccc4cccc(C)c24)C3)cc1. The second-order valence-corrected chi connectivity index (χ2v) is 12.4. The highest BCUT2D eigenvalue weighted by atomic mass is 16.5. The summed E-state index contributed by atoms with van der Waals surface area (Å²) in [7, 11) is 5.95. The lowest BCUT2D eigenvalue weighted by Gasteiger charge is -2.33. The first-order valence-electron chi connectivity index (χ1n) is 16.4. The molecular formula is C37H45N7O2. The fraction of sp³-hybridized carbons (Fsp3) is 0.432. The molecule has 1 aromatic heterocycles. The molecule has 9 heteroatoms. The van der Waals surface area contributed by atoms with Gasteiger partial charge in [-0.2, -0.15) is 9.97 Å². The van der Waals surface area contributed by atoms with Crippen LogP contribution in [0.2, 0.25) is 0 Å². The summed E-state index contributed by atoms with van der Waals surface area (Å²) in [6.45, 7) is 7.56. The molecule has 240 valence electrons. The molecule has 3 heterocycles. The van der Waals surface area contributed by atoms with Crippen LogP contribution in [0.5, 0.6) is 11.8 Å². The smallest absolute Gasteiger partial charge is 0.318 e. The van der Waals surface area contributed by atoms with Crippen LogP contribution in [-0.4, -0.2) is 80.9 Å². The maximum absolute atomic E-state index is 6.31. The summed E-state index contributed by atoms with van der Waals surface area (Å²) in [4.78, 5) is 25.8. The number of ether oxygens (including phenoxy) is 2. The number of methoxy groups -OCH3 is 1. The van der Waals surface area contributed by atoms with E-state index in [1.165, 1.54) is 34.0 Å². The van der Waals surface area contributed by atoms with Crippen LogP contribution in [0, 0.1) is 6.92 Å². The van der Waals surface area contributed by atoms with Gasteiger partial charge >= 0.3 is 6.01 Å². The number of hydrogen-bond acceptors (Lipinski definition) is 9. The number of likely N-dealkylation sites (tertiary alicyclic amines) is 1. The molecule has 0 bridgehead atoms. The van der Waals surface area contributed by atoms with E-state index in [2.05, 4.69) is 88.1 Å². The average molecular weight is 620 g/mol. The van der Waals surface area contributed by atoms with Crippen molar-refractivity contribution < 1.29 is 9.47 Å². The summed E-state index contributed by atoms with van der Waals surface area (Å²) in [6, 6.07) is 24.8. The zero-order chi connectivity index (χ0) is 31.9. The number of aromatic nitrogens is 2. The van der Waals surface area contributed by atoms with Crippen LogP contribution in [0.4, 0.5) is 11.5 Å². The highest BCUT2D eigenvalue weighted by Gasteiger charge is 2.27. The van der Waals surface area contributed by atoms with E-state index in [0.717, 1.165) is 68.3 Å². The molecule has 1 saturated heterocycles. The molecule has 2 aliphatic rings. The minimum Gasteiger partial charge on any atom is -0.497 e. The van der Waals surface area contributed by atoms with Gasteiger partial charge in [-0.15, -0.1) is 0 Å². The molecule has 3 aromatic carbocycles. The largest absolute Gasteiger partial charge is 0.497 e. The van der Waals surface area contributed by atoms with E-state index in [4.69, 9.17) is 19.4 Å². The van der Waals surface area contributed by atoms with Gasteiger partial charge in [0.15, 0.2) is 0 Å². The number of nitrogens with zero attached hydrogens (tertiary/aromatic N) is 7. The molecule has 46 heavy (non-hydrogen) atoms. The molecule has 1 fully saturated rings. The van der Waals surface area contributed by atoms with E-state index in [-0.39, 0.29) is 0 Å². The minimum absolute atomic E-state index is 0.403. The Morgan fingerprint density at radius 3 is 2.63 bits per heavy atom. The van der Waals surface area contributed by atoms with Gasteiger partial charge in [-0.05, 0) is 80.9 Å². The quantitative estimate of drug-likeness (QED) is 0.138. The van der Waals surface area contributed by atoms with Gasteiger partial charge in [0.25, 0.3) is 0 Å². The third-order valence-corrected chi connectivity index (χ3v) is 9.22. The first-order valence-corrected chi connectivity index (χ1v) is 16.4. The van der Waals surface area contributed by atoms with Crippen LogP contribution >= 0.6 is 0 Å². The van der Waals surface area contributed by atoms with Gasteiger partial charge in [0, 0.05) is 42.8 Å². The highest BCUT2D eigenvalue weighted by molar-refractivity contribution is 5.97. The number of fused-ring (bicyclic) bond motifs is 2. The third kappa shape index (κ3) is 7.33. The summed E-state index contributed by atoms with van der Waals surface area (Å²) >= 11 is 0. The number of anilines is 2. The van der Waals surface area contributed by atoms with Crippen molar-refractivity contribution in [1.82, 2.24) is 14.9 Å². The van der Waals surface area contributed by atoms with Crippen LogP contribution in [0.1, 0.15) is 41.6 Å². The van der Waals surface area contributed by atoms with Gasteiger partial charge < -0.3 is 24.2 Å². The Hall–Kier alpha value is -4.46. The average Bonchev–Trinajstić information content (AvgIpc) is 3.50. The summed E-state index contributed by atoms with van der Waals surface area (Å²) in [5, 5.41) is 2.58. The van der Waals surface area contributed by atoms with E-state index >= 15 is 0 Å². The highest BCUT2D eigenvalue weighted by Crippen LogP contribution is 2.35.